The molecule has 0 saturated heterocycles. The first-order valence-corrected chi connectivity index (χ1v) is 6.01. The Labute approximate surface area is 94.2 Å². The predicted molar refractivity (Wildman–Crippen MR) is 64.2 cm³/mol. The molecular weight excluding hydrogens is 188 g/mol. The first-order valence-electron chi connectivity index (χ1n) is 6.01. The van der Waals surface area contributed by atoms with Crippen LogP contribution in [-0.2, 0) is 4.74 Å². The minimum atomic E-state index is 0.213. The summed E-state index contributed by atoms with van der Waals surface area (Å²) < 4.78 is 5.59. The summed E-state index contributed by atoms with van der Waals surface area (Å²) in [6.07, 6.45) is 4.98. The van der Waals surface area contributed by atoms with Gasteiger partial charge in [-0.1, -0.05) is 0 Å². The van der Waals surface area contributed by atoms with Crippen LogP contribution < -0.4 is 5.32 Å². The van der Waals surface area contributed by atoms with Crippen LogP contribution in [0.1, 0.15) is 32.6 Å². The Morgan fingerprint density at radius 3 is 2.47 bits per heavy atom. The van der Waals surface area contributed by atoms with E-state index in [0.717, 1.165) is 19.5 Å². The smallest absolute Gasteiger partial charge is 0.0690 e. The van der Waals surface area contributed by atoms with Crippen molar-refractivity contribution >= 4 is 0 Å². The summed E-state index contributed by atoms with van der Waals surface area (Å²) in [6, 6.07) is 0.564. The molecule has 15 heavy (non-hydrogen) atoms. The van der Waals surface area contributed by atoms with Gasteiger partial charge in [-0.25, -0.2) is 0 Å². The fourth-order valence-corrected chi connectivity index (χ4v) is 2.29. The second-order valence-electron chi connectivity index (χ2n) is 5.11. The number of rotatable bonds is 7. The van der Waals surface area contributed by atoms with Crippen LogP contribution in [0, 0.1) is 0 Å². The fraction of sp³-hybridized carbons (Fsp3) is 1.00. The van der Waals surface area contributed by atoms with E-state index in [-0.39, 0.29) is 5.60 Å². The highest BCUT2D eigenvalue weighted by atomic mass is 16.5. The van der Waals surface area contributed by atoms with Crippen LogP contribution in [0.5, 0.6) is 0 Å². The molecule has 0 aliphatic heterocycles. The van der Waals surface area contributed by atoms with E-state index >= 15 is 0 Å². The lowest BCUT2D eigenvalue weighted by atomic mass is 9.77. The van der Waals surface area contributed by atoms with Crippen LogP contribution in [0.25, 0.3) is 0 Å². The normalized spacial score (nSPS) is 21.4. The van der Waals surface area contributed by atoms with Crippen molar-refractivity contribution in [2.75, 3.05) is 34.3 Å². The largest absolute Gasteiger partial charge is 0.378 e. The van der Waals surface area contributed by atoms with Crippen molar-refractivity contribution in [3.05, 3.63) is 0 Å². The number of ether oxygens (including phenoxy) is 1. The molecule has 3 nitrogen and oxygen atoms in total. The lowest BCUT2D eigenvalue weighted by Gasteiger charge is -2.41. The summed E-state index contributed by atoms with van der Waals surface area (Å²) in [5.74, 6) is 0. The molecule has 0 radical (unpaired) electrons. The first-order chi connectivity index (χ1) is 7.08. The molecule has 1 aliphatic carbocycles. The molecule has 1 atom stereocenters. The molecule has 0 aromatic rings. The van der Waals surface area contributed by atoms with E-state index in [9.17, 15) is 0 Å². The molecule has 1 N–H and O–H groups in total. The first kappa shape index (κ1) is 12.9. The van der Waals surface area contributed by atoms with E-state index in [1.54, 1.807) is 0 Å². The summed E-state index contributed by atoms with van der Waals surface area (Å²) in [6.45, 7) is 4.41. The lowest BCUT2D eigenvalue weighted by molar-refractivity contribution is -0.0770. The highest BCUT2D eigenvalue weighted by molar-refractivity contribution is 4.90. The summed E-state index contributed by atoms with van der Waals surface area (Å²) in [4.78, 5) is 2.22. The second kappa shape index (κ2) is 5.83. The molecule has 0 spiro atoms. The van der Waals surface area contributed by atoms with E-state index in [1.165, 1.54) is 19.3 Å². The van der Waals surface area contributed by atoms with Crippen molar-refractivity contribution in [3.63, 3.8) is 0 Å². The quantitative estimate of drug-likeness (QED) is 0.695. The number of nitrogens with zero attached hydrogens (tertiary/aromatic N) is 1. The standard InChI is InChI=1S/C12H26N2O/c1-11(10-14(2)3)13-9-8-12(15-4)6-5-7-12/h11,13H,5-10H2,1-4H3. The summed E-state index contributed by atoms with van der Waals surface area (Å²) in [5.41, 5.74) is 0.213. The van der Waals surface area contributed by atoms with Gasteiger partial charge in [-0.3, -0.25) is 0 Å². The van der Waals surface area contributed by atoms with Gasteiger partial charge in [-0.05, 0) is 53.2 Å². The maximum absolute atomic E-state index is 5.59. The molecule has 0 bridgehead atoms. The minimum absolute atomic E-state index is 0.213. The molecule has 90 valence electrons. The van der Waals surface area contributed by atoms with Gasteiger partial charge in [0.05, 0.1) is 5.60 Å². The molecule has 1 unspecified atom stereocenters. The zero-order valence-corrected chi connectivity index (χ0v) is 10.7. The zero-order chi connectivity index (χ0) is 11.3. The Hall–Kier alpha value is -0.120. The highest BCUT2D eigenvalue weighted by Gasteiger charge is 2.36. The van der Waals surface area contributed by atoms with Crippen LogP contribution in [0.2, 0.25) is 0 Å². The Morgan fingerprint density at radius 1 is 1.40 bits per heavy atom. The minimum Gasteiger partial charge on any atom is -0.378 e. The van der Waals surface area contributed by atoms with Gasteiger partial charge in [0, 0.05) is 19.7 Å². The third-order valence-electron chi connectivity index (χ3n) is 3.41. The van der Waals surface area contributed by atoms with Crippen molar-refractivity contribution < 1.29 is 4.74 Å². The fourth-order valence-electron chi connectivity index (χ4n) is 2.29. The van der Waals surface area contributed by atoms with Crippen LogP contribution in [0.3, 0.4) is 0 Å². The van der Waals surface area contributed by atoms with Gasteiger partial charge in [-0.15, -0.1) is 0 Å². The monoisotopic (exact) mass is 214 g/mol. The van der Waals surface area contributed by atoms with Gasteiger partial charge in [0.25, 0.3) is 0 Å². The number of hydrogen-bond acceptors (Lipinski definition) is 3. The van der Waals surface area contributed by atoms with Crippen LogP contribution >= 0.6 is 0 Å². The number of hydrogen-bond donors (Lipinski definition) is 1. The molecule has 1 rings (SSSR count). The molecule has 0 aromatic carbocycles. The van der Waals surface area contributed by atoms with Crippen LogP contribution in [0.4, 0.5) is 0 Å². The second-order valence-corrected chi connectivity index (χ2v) is 5.11. The average molecular weight is 214 g/mol. The van der Waals surface area contributed by atoms with Crippen molar-refractivity contribution in [1.29, 1.82) is 0 Å². The molecule has 0 aromatic heterocycles. The molecule has 0 amide bonds. The third kappa shape index (κ3) is 4.09. The van der Waals surface area contributed by atoms with Gasteiger partial charge < -0.3 is 15.0 Å². The SMILES string of the molecule is COC1(CCNC(C)CN(C)C)CCC1. The maximum atomic E-state index is 5.59. The highest BCUT2D eigenvalue weighted by Crippen LogP contribution is 2.37. The van der Waals surface area contributed by atoms with Crippen LogP contribution in [-0.4, -0.2) is 50.8 Å². The van der Waals surface area contributed by atoms with Crippen molar-refractivity contribution in [3.8, 4) is 0 Å². The molecule has 0 heterocycles. The van der Waals surface area contributed by atoms with E-state index in [4.69, 9.17) is 4.74 Å². The van der Waals surface area contributed by atoms with E-state index in [0.29, 0.717) is 6.04 Å². The van der Waals surface area contributed by atoms with Gasteiger partial charge in [0.2, 0.25) is 0 Å². The number of methoxy groups -OCH3 is 1. The predicted octanol–water partition coefficient (Wildman–Crippen LogP) is 1.49. The Kier molecular flexibility index (Phi) is 5.03. The van der Waals surface area contributed by atoms with E-state index in [1.807, 2.05) is 7.11 Å². The van der Waals surface area contributed by atoms with Crippen molar-refractivity contribution in [1.82, 2.24) is 10.2 Å². The Morgan fingerprint density at radius 2 is 2.07 bits per heavy atom. The molecule has 1 aliphatic rings. The third-order valence-corrected chi connectivity index (χ3v) is 3.41. The lowest BCUT2D eigenvalue weighted by Crippen LogP contribution is -2.44. The zero-order valence-electron chi connectivity index (χ0n) is 10.7. The van der Waals surface area contributed by atoms with Crippen LogP contribution in [0.15, 0.2) is 0 Å². The van der Waals surface area contributed by atoms with E-state index < -0.39 is 0 Å². The van der Waals surface area contributed by atoms with Gasteiger partial charge in [0.15, 0.2) is 0 Å². The van der Waals surface area contributed by atoms with E-state index in [2.05, 4.69) is 31.2 Å². The topological polar surface area (TPSA) is 24.5 Å². The summed E-state index contributed by atoms with van der Waals surface area (Å²) >= 11 is 0. The molecule has 1 fully saturated rings. The van der Waals surface area contributed by atoms with Gasteiger partial charge in [-0.2, -0.15) is 0 Å². The number of likely N-dealkylation sites (N-methyl/N-ethyl adjacent to an activating group) is 1. The average Bonchev–Trinajstić information content (AvgIpc) is 2.08. The number of nitrogens with one attached hydrogen (secondary N) is 1. The Bertz CT molecular complexity index is 173. The van der Waals surface area contributed by atoms with Crippen molar-refractivity contribution in [2.24, 2.45) is 0 Å². The van der Waals surface area contributed by atoms with Gasteiger partial charge >= 0.3 is 0 Å². The molecule has 3 heteroatoms. The van der Waals surface area contributed by atoms with Crippen molar-refractivity contribution in [2.45, 2.75) is 44.2 Å². The molecular formula is C12H26N2O. The molecule has 1 saturated carbocycles. The maximum Gasteiger partial charge on any atom is 0.0690 e. The summed E-state index contributed by atoms with van der Waals surface area (Å²) in [7, 11) is 6.07. The van der Waals surface area contributed by atoms with Gasteiger partial charge in [0.1, 0.15) is 0 Å². The Balaban J connectivity index is 2.10. The summed E-state index contributed by atoms with van der Waals surface area (Å²) in [5, 5.41) is 3.55.